The minimum atomic E-state index is -2.69. The minimum absolute atomic E-state index is 0.212. The number of rotatable bonds is 4. The first-order chi connectivity index (χ1) is 13.4. The number of imidazole rings is 1. The first kappa shape index (κ1) is 18.2. The van der Waals surface area contributed by atoms with Crippen LogP contribution < -0.4 is 10.6 Å². The highest BCUT2D eigenvalue weighted by molar-refractivity contribution is 5.80. The fourth-order valence-electron chi connectivity index (χ4n) is 3.13. The van der Waals surface area contributed by atoms with Crippen molar-refractivity contribution in [2.24, 2.45) is 5.73 Å². The molecule has 146 valence electrons. The van der Waals surface area contributed by atoms with E-state index in [9.17, 15) is 13.6 Å². The Morgan fingerprint density at radius 2 is 2.11 bits per heavy atom. The SMILES string of the molecule is C[C@@H]1CN(c2cc(-c3cnc4ccc(C(F)F)nn34)ncn2)CC(C(N)=O)O1. The standard InChI is InChI=1S/C17H17F2N7O2/c1-9-6-25(7-13(28-9)17(20)27)15-4-11(22-8-23-15)12-5-21-14-3-2-10(16(18)19)24-26(12)14/h2-5,8-9,13,16H,6-7H2,1H3,(H2,20,27)/t9-,13?/m1/s1. The third-order valence-electron chi connectivity index (χ3n) is 4.42. The quantitative estimate of drug-likeness (QED) is 0.714. The van der Waals surface area contributed by atoms with Crippen molar-refractivity contribution in [1.82, 2.24) is 24.6 Å². The average molecular weight is 389 g/mol. The van der Waals surface area contributed by atoms with Crippen LogP contribution in [0.3, 0.4) is 0 Å². The van der Waals surface area contributed by atoms with Gasteiger partial charge in [-0.25, -0.2) is 28.2 Å². The second-order valence-corrected chi connectivity index (χ2v) is 6.48. The average Bonchev–Trinajstić information content (AvgIpc) is 3.10. The molecule has 0 spiro atoms. The van der Waals surface area contributed by atoms with Gasteiger partial charge >= 0.3 is 0 Å². The highest BCUT2D eigenvalue weighted by atomic mass is 19.3. The lowest BCUT2D eigenvalue weighted by Gasteiger charge is -2.36. The van der Waals surface area contributed by atoms with Crippen molar-refractivity contribution >= 4 is 17.4 Å². The van der Waals surface area contributed by atoms with Gasteiger partial charge in [0.15, 0.2) is 11.8 Å². The Morgan fingerprint density at radius 3 is 2.86 bits per heavy atom. The number of fused-ring (bicyclic) bond motifs is 1. The van der Waals surface area contributed by atoms with Crippen LogP contribution in [0.25, 0.3) is 17.0 Å². The maximum atomic E-state index is 13.0. The van der Waals surface area contributed by atoms with Crippen LogP contribution in [0.1, 0.15) is 19.0 Å². The highest BCUT2D eigenvalue weighted by Gasteiger charge is 2.30. The summed E-state index contributed by atoms with van der Waals surface area (Å²) in [6.45, 7) is 2.61. The van der Waals surface area contributed by atoms with E-state index in [0.717, 1.165) is 0 Å². The lowest BCUT2D eigenvalue weighted by Crippen LogP contribution is -2.52. The zero-order valence-corrected chi connectivity index (χ0v) is 14.9. The summed E-state index contributed by atoms with van der Waals surface area (Å²) in [5, 5.41) is 3.95. The third kappa shape index (κ3) is 3.36. The number of primary amides is 1. The van der Waals surface area contributed by atoms with E-state index in [1.807, 2.05) is 11.8 Å². The Hall–Kier alpha value is -3.21. The molecule has 28 heavy (non-hydrogen) atoms. The molecule has 1 unspecified atom stereocenters. The minimum Gasteiger partial charge on any atom is -0.367 e. The molecule has 0 bridgehead atoms. The van der Waals surface area contributed by atoms with Gasteiger partial charge in [-0.3, -0.25) is 4.79 Å². The maximum absolute atomic E-state index is 13.0. The molecule has 1 saturated heterocycles. The summed E-state index contributed by atoms with van der Waals surface area (Å²) in [5.74, 6) is 0.0164. The number of anilines is 1. The van der Waals surface area contributed by atoms with Gasteiger partial charge in [0.2, 0.25) is 5.91 Å². The lowest BCUT2D eigenvalue weighted by atomic mass is 10.2. The van der Waals surface area contributed by atoms with Crippen LogP contribution in [0.5, 0.6) is 0 Å². The van der Waals surface area contributed by atoms with Crippen molar-refractivity contribution in [2.75, 3.05) is 18.0 Å². The first-order valence-corrected chi connectivity index (χ1v) is 8.57. The van der Waals surface area contributed by atoms with Crippen LogP contribution in [0, 0.1) is 0 Å². The number of hydrogen-bond acceptors (Lipinski definition) is 7. The zero-order valence-electron chi connectivity index (χ0n) is 14.9. The summed E-state index contributed by atoms with van der Waals surface area (Å²) in [7, 11) is 0. The summed E-state index contributed by atoms with van der Waals surface area (Å²) >= 11 is 0. The Labute approximate surface area is 158 Å². The molecular weight excluding hydrogens is 372 g/mol. The van der Waals surface area contributed by atoms with Gasteiger partial charge < -0.3 is 15.4 Å². The number of nitrogens with two attached hydrogens (primary N) is 1. The van der Waals surface area contributed by atoms with Crippen molar-refractivity contribution in [3.05, 3.63) is 36.4 Å². The number of morpholine rings is 1. The first-order valence-electron chi connectivity index (χ1n) is 8.57. The molecule has 3 aromatic heterocycles. The van der Waals surface area contributed by atoms with E-state index in [-0.39, 0.29) is 18.3 Å². The van der Waals surface area contributed by atoms with Gasteiger partial charge in [0.25, 0.3) is 6.43 Å². The van der Waals surface area contributed by atoms with Gasteiger partial charge in [0, 0.05) is 12.6 Å². The molecule has 0 aromatic carbocycles. The summed E-state index contributed by atoms with van der Waals surface area (Å²) in [5.41, 5.74) is 6.36. The molecule has 1 fully saturated rings. The van der Waals surface area contributed by atoms with Crippen LogP contribution in [-0.4, -0.2) is 55.8 Å². The summed E-state index contributed by atoms with van der Waals surface area (Å²) in [6, 6.07) is 4.40. The van der Waals surface area contributed by atoms with Gasteiger partial charge in [0.1, 0.15) is 23.5 Å². The normalized spacial score (nSPS) is 20.1. The predicted octanol–water partition coefficient (Wildman–Crippen LogP) is 1.20. The number of carbonyl (C=O) groups is 1. The number of hydrogen-bond donors (Lipinski definition) is 1. The van der Waals surface area contributed by atoms with E-state index < -0.39 is 18.4 Å². The molecule has 4 rings (SSSR count). The predicted molar refractivity (Wildman–Crippen MR) is 94.7 cm³/mol. The van der Waals surface area contributed by atoms with Crippen molar-refractivity contribution in [3.8, 4) is 11.4 Å². The van der Waals surface area contributed by atoms with E-state index in [0.29, 0.717) is 29.4 Å². The Balaban J connectivity index is 1.70. The van der Waals surface area contributed by atoms with Gasteiger partial charge in [0.05, 0.1) is 24.5 Å². The molecule has 9 nitrogen and oxygen atoms in total. The van der Waals surface area contributed by atoms with Crippen LogP contribution in [-0.2, 0) is 9.53 Å². The van der Waals surface area contributed by atoms with Gasteiger partial charge in [-0.15, -0.1) is 0 Å². The molecule has 11 heteroatoms. The molecule has 2 N–H and O–H groups in total. The topological polar surface area (TPSA) is 112 Å². The molecule has 0 aliphatic carbocycles. The van der Waals surface area contributed by atoms with E-state index in [1.54, 1.807) is 6.07 Å². The fraction of sp³-hybridized carbons (Fsp3) is 0.353. The summed E-state index contributed by atoms with van der Waals surface area (Å²) in [4.78, 5) is 26.1. The highest BCUT2D eigenvalue weighted by Crippen LogP contribution is 2.25. The Bertz CT molecular complexity index is 1030. The van der Waals surface area contributed by atoms with E-state index in [2.05, 4.69) is 20.1 Å². The van der Waals surface area contributed by atoms with Crippen LogP contribution in [0.15, 0.2) is 30.7 Å². The number of halogens is 2. The molecule has 2 atom stereocenters. The molecule has 0 saturated carbocycles. The number of amides is 1. The molecule has 1 amide bonds. The molecule has 1 aliphatic rings. The molecule has 4 heterocycles. The van der Waals surface area contributed by atoms with E-state index in [4.69, 9.17) is 10.5 Å². The summed E-state index contributed by atoms with van der Waals surface area (Å²) < 4.78 is 32.9. The molecule has 3 aromatic rings. The van der Waals surface area contributed by atoms with E-state index >= 15 is 0 Å². The molecule has 0 radical (unpaired) electrons. The lowest BCUT2D eigenvalue weighted by molar-refractivity contribution is -0.133. The Morgan fingerprint density at radius 1 is 1.29 bits per heavy atom. The van der Waals surface area contributed by atoms with Gasteiger partial charge in [-0.1, -0.05) is 0 Å². The second-order valence-electron chi connectivity index (χ2n) is 6.48. The van der Waals surface area contributed by atoms with Gasteiger partial charge in [-0.05, 0) is 19.1 Å². The van der Waals surface area contributed by atoms with Crippen LogP contribution >= 0.6 is 0 Å². The Kier molecular flexibility index (Phi) is 4.59. The number of alkyl halides is 2. The summed E-state index contributed by atoms with van der Waals surface area (Å²) in [6.07, 6.45) is -0.775. The smallest absolute Gasteiger partial charge is 0.282 e. The van der Waals surface area contributed by atoms with Crippen LogP contribution in [0.2, 0.25) is 0 Å². The van der Waals surface area contributed by atoms with Crippen LogP contribution in [0.4, 0.5) is 14.6 Å². The monoisotopic (exact) mass is 389 g/mol. The molecular formula is C17H17F2N7O2. The fourth-order valence-corrected chi connectivity index (χ4v) is 3.13. The van der Waals surface area contributed by atoms with Crippen molar-refractivity contribution in [2.45, 2.75) is 25.6 Å². The molecule has 1 aliphatic heterocycles. The number of nitrogens with zero attached hydrogens (tertiary/aromatic N) is 6. The van der Waals surface area contributed by atoms with Gasteiger partial charge in [-0.2, -0.15) is 5.10 Å². The maximum Gasteiger partial charge on any atom is 0.282 e. The van der Waals surface area contributed by atoms with Crippen molar-refractivity contribution in [3.63, 3.8) is 0 Å². The number of aromatic nitrogens is 5. The largest absolute Gasteiger partial charge is 0.367 e. The van der Waals surface area contributed by atoms with Crippen molar-refractivity contribution < 1.29 is 18.3 Å². The third-order valence-corrected chi connectivity index (χ3v) is 4.42. The number of ether oxygens (including phenoxy) is 1. The van der Waals surface area contributed by atoms with E-state index in [1.165, 1.54) is 29.2 Å². The van der Waals surface area contributed by atoms with Crippen molar-refractivity contribution in [1.29, 1.82) is 0 Å². The zero-order chi connectivity index (χ0) is 19.8. The second kappa shape index (κ2) is 7.08. The number of carbonyl (C=O) groups excluding carboxylic acids is 1.